The Morgan fingerprint density at radius 2 is 0.800 bits per heavy atom. The minimum atomic E-state index is -0.808. The largest absolute Gasteiger partial charge is 0.873 e. The number of rotatable bonds is 50. The highest BCUT2D eigenvalue weighted by Crippen LogP contribution is 2.49. The van der Waals surface area contributed by atoms with Crippen LogP contribution in [0.2, 0.25) is 15.1 Å². The van der Waals surface area contributed by atoms with Gasteiger partial charge in [0.05, 0.1) is 94.6 Å². The molecular weight excluding hydrogens is 1580 g/mol. The number of esters is 1. The minimum absolute atomic E-state index is 0.134. The second kappa shape index (κ2) is 55.4. The Balaban J connectivity index is 0.000000257. The lowest BCUT2D eigenvalue weighted by Gasteiger charge is -2.41. The van der Waals surface area contributed by atoms with Gasteiger partial charge in [-0.3, -0.25) is 19.2 Å². The molecule has 0 aromatic heterocycles. The summed E-state index contributed by atoms with van der Waals surface area (Å²) in [6.07, 6.45) is 51.0. The number of quaternary nitrogens is 1. The highest BCUT2D eigenvalue weighted by molar-refractivity contribution is 6.32. The van der Waals surface area contributed by atoms with Crippen LogP contribution in [0.3, 0.4) is 0 Å². The number of hydrogen-bond donors (Lipinski definition) is 2. The van der Waals surface area contributed by atoms with Crippen LogP contribution in [0.5, 0.6) is 17.2 Å². The van der Waals surface area contributed by atoms with Gasteiger partial charge in [-0.1, -0.05) is 237 Å². The molecular formula is C99H155Cl3N4O14. The van der Waals surface area contributed by atoms with Gasteiger partial charge in [0.2, 0.25) is 0 Å². The van der Waals surface area contributed by atoms with E-state index in [0.29, 0.717) is 130 Å². The van der Waals surface area contributed by atoms with Crippen LogP contribution in [0.15, 0.2) is 53.7 Å². The Hall–Kier alpha value is -6.02. The molecule has 120 heavy (non-hydrogen) atoms. The van der Waals surface area contributed by atoms with Crippen molar-refractivity contribution >= 4 is 81.4 Å². The van der Waals surface area contributed by atoms with Crippen LogP contribution in [0.1, 0.15) is 365 Å². The summed E-state index contributed by atoms with van der Waals surface area (Å²) in [6.45, 7) is 26.0. The average Bonchev–Trinajstić information content (AvgIpc) is 1.59. The van der Waals surface area contributed by atoms with Gasteiger partial charge >= 0.3 is 12.1 Å². The molecule has 3 aromatic carbocycles. The maximum atomic E-state index is 13.6. The van der Waals surface area contributed by atoms with Crippen molar-refractivity contribution in [2.45, 2.75) is 381 Å². The number of carbonyl (C=O) groups excluding carboxylic acids is 5. The molecule has 9 rings (SSSR count). The second-order valence-electron chi connectivity index (χ2n) is 34.2. The summed E-state index contributed by atoms with van der Waals surface area (Å²) in [7, 11) is 8.03. The van der Waals surface area contributed by atoms with Crippen LogP contribution >= 0.6 is 34.8 Å². The van der Waals surface area contributed by atoms with Crippen molar-refractivity contribution in [2.24, 2.45) is 0 Å². The number of halogens is 3. The van der Waals surface area contributed by atoms with Crippen molar-refractivity contribution in [1.82, 2.24) is 15.5 Å². The van der Waals surface area contributed by atoms with Crippen LogP contribution in [0.25, 0.3) is 16.7 Å². The molecule has 4 heterocycles. The van der Waals surface area contributed by atoms with Gasteiger partial charge in [0.15, 0.2) is 0 Å². The number of amides is 3. The number of hydrogen-bond acceptors (Lipinski definition) is 14. The van der Waals surface area contributed by atoms with Gasteiger partial charge in [0.25, 0.3) is 17.7 Å². The number of fused-ring (bicyclic) bond motifs is 1. The van der Waals surface area contributed by atoms with Crippen molar-refractivity contribution in [1.29, 1.82) is 0 Å². The molecule has 1 atom stereocenters. The van der Waals surface area contributed by atoms with Gasteiger partial charge in [-0.15, -0.1) is 0 Å². The smallest absolute Gasteiger partial charge is 0.513 e. The molecule has 21 heteroatoms. The normalized spacial score (nSPS) is 19.4. The van der Waals surface area contributed by atoms with E-state index in [1.807, 2.05) is 32.9 Å². The van der Waals surface area contributed by atoms with Crippen LogP contribution in [-0.2, 0) is 62.1 Å². The number of benzene rings is 3. The second-order valence-corrected chi connectivity index (χ2v) is 35.5. The lowest BCUT2D eigenvalue weighted by molar-refractivity contribution is -0.929. The van der Waals surface area contributed by atoms with E-state index in [1.165, 1.54) is 225 Å². The fraction of sp³-hybridized carbons (Fsp3) is 0.707. The first kappa shape index (κ1) is 103. The molecule has 2 spiro atoms. The number of aryl methyl sites for hydroxylation is 3. The molecule has 676 valence electrons. The maximum Gasteiger partial charge on any atom is 0.513 e. The summed E-state index contributed by atoms with van der Waals surface area (Å²) < 4.78 is 45.7. The summed E-state index contributed by atoms with van der Waals surface area (Å²) in [5.41, 5.74) is 3.90. The van der Waals surface area contributed by atoms with Crippen molar-refractivity contribution in [3.8, 4) is 17.2 Å². The summed E-state index contributed by atoms with van der Waals surface area (Å²) in [6, 6.07) is 10.3. The molecule has 18 nitrogen and oxygen atoms in total. The van der Waals surface area contributed by atoms with E-state index in [9.17, 15) is 29.1 Å². The van der Waals surface area contributed by atoms with Crippen LogP contribution in [0.4, 0.5) is 4.79 Å². The molecule has 0 radical (unpaired) electrons. The van der Waals surface area contributed by atoms with E-state index >= 15 is 0 Å². The van der Waals surface area contributed by atoms with Crippen molar-refractivity contribution in [3.05, 3.63) is 102 Å². The average molecular weight is 1730 g/mol. The number of carbonyl (C=O) groups is 5. The fourth-order valence-corrected chi connectivity index (χ4v) is 19.3. The Labute approximate surface area is 738 Å². The van der Waals surface area contributed by atoms with Crippen LogP contribution in [0, 0.1) is 0 Å². The highest BCUT2D eigenvalue weighted by atomic mass is 35.5. The molecule has 3 fully saturated rings. The molecule has 2 saturated carbocycles. The van der Waals surface area contributed by atoms with Crippen molar-refractivity contribution < 1.29 is 71.5 Å². The summed E-state index contributed by atoms with van der Waals surface area (Å²) in [5.74, 6) is 1.14. The molecule has 1 saturated heterocycles. The van der Waals surface area contributed by atoms with Crippen LogP contribution in [-0.4, -0.2) is 143 Å². The van der Waals surface area contributed by atoms with Crippen molar-refractivity contribution in [2.75, 3.05) is 74.9 Å². The van der Waals surface area contributed by atoms with Gasteiger partial charge in [-0.2, -0.15) is 0 Å². The quantitative estimate of drug-likeness (QED) is 0.0306. The van der Waals surface area contributed by atoms with Gasteiger partial charge in [0, 0.05) is 64.5 Å². The van der Waals surface area contributed by atoms with E-state index in [4.69, 9.17) is 72.7 Å². The predicted molar refractivity (Wildman–Crippen MR) is 488 cm³/mol. The summed E-state index contributed by atoms with van der Waals surface area (Å²) in [5, 5.41) is 21.0. The van der Waals surface area contributed by atoms with E-state index < -0.39 is 17.2 Å². The lowest BCUT2D eigenvalue weighted by atomic mass is 9.79. The van der Waals surface area contributed by atoms with E-state index in [-0.39, 0.29) is 59.9 Å². The summed E-state index contributed by atoms with van der Waals surface area (Å²) >= 11 is 18.7. The fourth-order valence-electron chi connectivity index (χ4n) is 18.6. The molecule has 0 bridgehead atoms. The monoisotopic (exact) mass is 1730 g/mol. The first-order valence-electron chi connectivity index (χ1n) is 47.0. The Morgan fingerprint density at radius 3 is 1.18 bits per heavy atom. The zero-order valence-corrected chi connectivity index (χ0v) is 78.8. The summed E-state index contributed by atoms with van der Waals surface area (Å²) in [4.78, 5) is 66.5. The first-order valence-corrected chi connectivity index (χ1v) is 48.2. The number of nitrogens with one attached hydrogen (secondary N) is 2. The SMILES string of the molecule is CCCCCCCCCCCCCCCCCC(=O)OC1=C(c2c(CC)cc(Cl)cc2OC)C(=O)NC12CCC(OC)CC2.CCCCCC[N+](CCCCCC)(CCCCCC)CCCCCC.CCOC(=O)OC1=C(c2c(CC)cc(Cl)cc2OC)C(=O)N2CCCC12.CCc1cc(Cl)cc(OC)c1C1=C([O-])C2(CCC(OC)CC2)NC1=O. The standard InChI is InChI=1S/C37H58ClNO5.C24H52N.C19H22ClNO5.C19H24ClNO4/c1-5-7-8-9-10-11-12-13-14-15-16-17-18-19-20-21-32(40)44-35-34(33-28(6-2)26-29(38)27-31(33)43-4)36(41)39-37(35)24-22-30(42-3)23-25-37;1-5-9-13-17-21-25(22-18-14-10-6-2,23-19-15-11-7-3)24-20-16-12-8-4;1-4-11-9-12(20)10-14(24-3)15(11)16-17(26-19(23)25-5-2)13-7-6-8-21(13)18(16)22;1-4-11-9-12(20)10-14(25-3)15(11)16-17(22)19(21-18(16)23)7-5-13(24-2)6-8-19/h26-27,30H,5-25H2,1-4H3,(H,39,41);5-24H2,1-4H3;9-10,13H,4-8H2,1-3H3;9-10,13,22H,4-8H2,1-3H3,(H,21,23)/q;+1;;/p-1. The minimum Gasteiger partial charge on any atom is -0.873 e. The third-order valence-electron chi connectivity index (χ3n) is 25.6. The first-order chi connectivity index (χ1) is 58.1. The van der Waals surface area contributed by atoms with Gasteiger partial charge < -0.3 is 63.0 Å². The third-order valence-corrected chi connectivity index (χ3v) is 26.3. The van der Waals surface area contributed by atoms with E-state index in [0.717, 1.165) is 74.5 Å². The zero-order valence-electron chi connectivity index (χ0n) is 76.5. The maximum absolute atomic E-state index is 13.6. The van der Waals surface area contributed by atoms with Crippen LogP contribution < -0.4 is 30.0 Å². The van der Waals surface area contributed by atoms with E-state index in [2.05, 4.69) is 45.3 Å². The third kappa shape index (κ3) is 30.1. The number of ether oxygens (including phenoxy) is 8. The Morgan fingerprint density at radius 1 is 0.450 bits per heavy atom. The molecule has 4 aliphatic heterocycles. The van der Waals surface area contributed by atoms with Gasteiger partial charge in [-0.05, 0) is 201 Å². The van der Waals surface area contributed by atoms with Gasteiger partial charge in [-0.25, -0.2) is 4.79 Å². The van der Waals surface area contributed by atoms with Gasteiger partial charge in [0.1, 0.15) is 28.8 Å². The lowest BCUT2D eigenvalue weighted by Crippen LogP contribution is -2.50. The highest BCUT2D eigenvalue weighted by Gasteiger charge is 2.52. The number of unbranched alkanes of at least 4 members (excludes halogenated alkanes) is 26. The van der Waals surface area contributed by atoms with Crippen molar-refractivity contribution in [3.63, 3.8) is 0 Å². The number of methoxy groups -OCH3 is 5. The predicted octanol–water partition coefficient (Wildman–Crippen LogP) is 24.2. The topological polar surface area (TPSA) is 210 Å². The molecule has 3 amide bonds. The molecule has 6 aliphatic rings. The zero-order chi connectivity index (χ0) is 87.5. The molecule has 2 N–H and O–H groups in total. The Kier molecular flexibility index (Phi) is 47.4. The Bertz CT molecular complexity index is 3600. The molecule has 2 aliphatic carbocycles. The number of nitrogens with zero attached hydrogens (tertiary/aromatic N) is 2. The van der Waals surface area contributed by atoms with E-state index in [1.54, 1.807) is 57.4 Å². The molecule has 3 aromatic rings. The molecule has 1 unspecified atom stereocenters.